The minimum absolute atomic E-state index is 0.693. The second-order valence-corrected chi connectivity index (χ2v) is 5.42. The van der Waals surface area contributed by atoms with Crippen LogP contribution in [0.3, 0.4) is 0 Å². The zero-order valence-electron chi connectivity index (χ0n) is 11.7. The second kappa shape index (κ2) is 6.69. The van der Waals surface area contributed by atoms with Gasteiger partial charge in [-0.3, -0.25) is 0 Å². The van der Waals surface area contributed by atoms with E-state index >= 15 is 0 Å². The molecule has 1 aliphatic heterocycles. The standard InChI is InChI=1S/C18H21NO/c1-2-4-17(5-3-1)18-8-6-15(7-9-18)12-19-13-16-10-11-20-14-16/h1-9,16,19H,10-14H2. The predicted octanol–water partition coefficient (Wildman–Crippen LogP) is 3.48. The highest BCUT2D eigenvalue weighted by Gasteiger charge is 2.14. The molecule has 2 heteroatoms. The van der Waals surface area contributed by atoms with Crippen LogP contribution in [-0.2, 0) is 11.3 Å². The number of hydrogen-bond acceptors (Lipinski definition) is 2. The Morgan fingerprint density at radius 1 is 0.950 bits per heavy atom. The van der Waals surface area contributed by atoms with Crippen molar-refractivity contribution in [3.05, 3.63) is 60.2 Å². The van der Waals surface area contributed by atoms with Crippen molar-refractivity contribution in [2.75, 3.05) is 19.8 Å². The average molecular weight is 267 g/mol. The lowest BCUT2D eigenvalue weighted by atomic mass is 10.0. The normalized spacial score (nSPS) is 18.3. The molecule has 1 N–H and O–H groups in total. The van der Waals surface area contributed by atoms with Gasteiger partial charge >= 0.3 is 0 Å². The van der Waals surface area contributed by atoms with Gasteiger partial charge in [-0.25, -0.2) is 0 Å². The van der Waals surface area contributed by atoms with Crippen LogP contribution in [0.5, 0.6) is 0 Å². The molecule has 2 aromatic carbocycles. The van der Waals surface area contributed by atoms with E-state index in [0.717, 1.165) is 26.3 Å². The lowest BCUT2D eigenvalue weighted by molar-refractivity contribution is 0.185. The molecule has 20 heavy (non-hydrogen) atoms. The molecule has 1 saturated heterocycles. The summed E-state index contributed by atoms with van der Waals surface area (Å²) in [6, 6.07) is 19.3. The largest absolute Gasteiger partial charge is 0.381 e. The average Bonchev–Trinajstić information content (AvgIpc) is 3.02. The molecule has 2 aromatic rings. The van der Waals surface area contributed by atoms with Crippen molar-refractivity contribution in [1.82, 2.24) is 5.32 Å². The van der Waals surface area contributed by atoms with E-state index in [1.165, 1.54) is 23.1 Å². The van der Waals surface area contributed by atoms with Gasteiger partial charge in [-0.2, -0.15) is 0 Å². The first kappa shape index (κ1) is 13.3. The number of rotatable bonds is 5. The summed E-state index contributed by atoms with van der Waals surface area (Å²) in [7, 11) is 0. The third-order valence-electron chi connectivity index (χ3n) is 3.85. The molecule has 0 spiro atoms. The van der Waals surface area contributed by atoms with E-state index in [-0.39, 0.29) is 0 Å². The van der Waals surface area contributed by atoms with Crippen molar-refractivity contribution < 1.29 is 4.74 Å². The lowest BCUT2D eigenvalue weighted by Crippen LogP contribution is -2.22. The van der Waals surface area contributed by atoms with Crippen molar-refractivity contribution in [3.63, 3.8) is 0 Å². The van der Waals surface area contributed by atoms with Crippen LogP contribution < -0.4 is 5.32 Å². The van der Waals surface area contributed by atoms with Crippen molar-refractivity contribution >= 4 is 0 Å². The van der Waals surface area contributed by atoms with E-state index in [2.05, 4.69) is 59.9 Å². The first-order valence-corrected chi connectivity index (χ1v) is 7.34. The fourth-order valence-electron chi connectivity index (χ4n) is 2.61. The SMILES string of the molecule is c1ccc(-c2ccc(CNCC3CCOC3)cc2)cc1. The Hall–Kier alpha value is -1.64. The summed E-state index contributed by atoms with van der Waals surface area (Å²) in [5.41, 5.74) is 3.89. The third kappa shape index (κ3) is 3.47. The molecule has 0 radical (unpaired) electrons. The maximum atomic E-state index is 5.38. The van der Waals surface area contributed by atoms with Gasteiger partial charge in [0.1, 0.15) is 0 Å². The molecule has 1 heterocycles. The predicted molar refractivity (Wildman–Crippen MR) is 82.5 cm³/mol. The zero-order chi connectivity index (χ0) is 13.6. The van der Waals surface area contributed by atoms with Gasteiger partial charge in [0, 0.05) is 19.7 Å². The first-order chi connectivity index (χ1) is 9.92. The smallest absolute Gasteiger partial charge is 0.0507 e. The number of ether oxygens (including phenoxy) is 1. The van der Waals surface area contributed by atoms with E-state index in [1.807, 2.05) is 0 Å². The third-order valence-corrected chi connectivity index (χ3v) is 3.85. The van der Waals surface area contributed by atoms with Crippen LogP contribution in [0.2, 0.25) is 0 Å². The minimum atomic E-state index is 0.693. The van der Waals surface area contributed by atoms with Crippen molar-refractivity contribution in [2.24, 2.45) is 5.92 Å². The van der Waals surface area contributed by atoms with Crippen LogP contribution in [0.25, 0.3) is 11.1 Å². The van der Waals surface area contributed by atoms with Crippen LogP contribution >= 0.6 is 0 Å². The highest BCUT2D eigenvalue weighted by molar-refractivity contribution is 5.63. The minimum Gasteiger partial charge on any atom is -0.381 e. The number of hydrogen-bond donors (Lipinski definition) is 1. The van der Waals surface area contributed by atoms with E-state index < -0.39 is 0 Å². The quantitative estimate of drug-likeness (QED) is 0.895. The van der Waals surface area contributed by atoms with E-state index in [4.69, 9.17) is 4.74 Å². The Kier molecular flexibility index (Phi) is 4.46. The Morgan fingerprint density at radius 2 is 1.70 bits per heavy atom. The molecule has 0 saturated carbocycles. The molecular weight excluding hydrogens is 246 g/mol. The maximum absolute atomic E-state index is 5.38. The zero-order valence-corrected chi connectivity index (χ0v) is 11.7. The molecular formula is C18H21NO. The monoisotopic (exact) mass is 267 g/mol. The van der Waals surface area contributed by atoms with Crippen LogP contribution in [0.1, 0.15) is 12.0 Å². The van der Waals surface area contributed by atoms with Gasteiger partial charge in [-0.15, -0.1) is 0 Å². The van der Waals surface area contributed by atoms with Gasteiger partial charge < -0.3 is 10.1 Å². The Morgan fingerprint density at radius 3 is 2.40 bits per heavy atom. The van der Waals surface area contributed by atoms with E-state index in [9.17, 15) is 0 Å². The Bertz CT molecular complexity index is 515. The summed E-state index contributed by atoms with van der Waals surface area (Å²) in [4.78, 5) is 0. The van der Waals surface area contributed by atoms with E-state index in [0.29, 0.717) is 5.92 Å². The topological polar surface area (TPSA) is 21.3 Å². The molecule has 1 fully saturated rings. The number of nitrogens with one attached hydrogen (secondary N) is 1. The summed E-state index contributed by atoms with van der Waals surface area (Å²) in [6.45, 7) is 3.84. The van der Waals surface area contributed by atoms with Gasteiger partial charge in [0.15, 0.2) is 0 Å². The van der Waals surface area contributed by atoms with Crippen LogP contribution in [-0.4, -0.2) is 19.8 Å². The molecule has 2 nitrogen and oxygen atoms in total. The Labute approximate surface area is 120 Å². The molecule has 0 aromatic heterocycles. The summed E-state index contributed by atoms with van der Waals surface area (Å²) < 4.78 is 5.38. The molecule has 0 aliphatic carbocycles. The lowest BCUT2D eigenvalue weighted by Gasteiger charge is -2.10. The van der Waals surface area contributed by atoms with Gasteiger partial charge in [0.25, 0.3) is 0 Å². The first-order valence-electron chi connectivity index (χ1n) is 7.34. The fourth-order valence-corrected chi connectivity index (χ4v) is 2.61. The van der Waals surface area contributed by atoms with Gasteiger partial charge in [0.05, 0.1) is 6.61 Å². The summed E-state index contributed by atoms with van der Waals surface area (Å²) >= 11 is 0. The summed E-state index contributed by atoms with van der Waals surface area (Å²) in [6.07, 6.45) is 1.19. The molecule has 1 unspecified atom stereocenters. The van der Waals surface area contributed by atoms with Crippen molar-refractivity contribution in [2.45, 2.75) is 13.0 Å². The van der Waals surface area contributed by atoms with Crippen LogP contribution in [0.4, 0.5) is 0 Å². The highest BCUT2D eigenvalue weighted by Crippen LogP contribution is 2.19. The fraction of sp³-hybridized carbons (Fsp3) is 0.333. The van der Waals surface area contributed by atoms with Crippen LogP contribution in [0.15, 0.2) is 54.6 Å². The molecule has 0 bridgehead atoms. The van der Waals surface area contributed by atoms with E-state index in [1.54, 1.807) is 0 Å². The molecule has 3 rings (SSSR count). The second-order valence-electron chi connectivity index (χ2n) is 5.42. The Balaban J connectivity index is 1.53. The maximum Gasteiger partial charge on any atom is 0.0507 e. The van der Waals surface area contributed by atoms with Crippen molar-refractivity contribution in [1.29, 1.82) is 0 Å². The highest BCUT2D eigenvalue weighted by atomic mass is 16.5. The molecule has 1 aliphatic rings. The molecule has 104 valence electrons. The van der Waals surface area contributed by atoms with Gasteiger partial charge in [-0.05, 0) is 29.0 Å². The van der Waals surface area contributed by atoms with Gasteiger partial charge in [0.2, 0.25) is 0 Å². The number of benzene rings is 2. The van der Waals surface area contributed by atoms with Crippen molar-refractivity contribution in [3.8, 4) is 11.1 Å². The molecule has 1 atom stereocenters. The summed E-state index contributed by atoms with van der Waals surface area (Å²) in [5, 5.41) is 3.52. The molecule has 0 amide bonds. The van der Waals surface area contributed by atoms with Crippen LogP contribution in [0, 0.1) is 5.92 Å². The summed E-state index contributed by atoms with van der Waals surface area (Å²) in [5.74, 6) is 0.693. The van der Waals surface area contributed by atoms with Gasteiger partial charge in [-0.1, -0.05) is 54.6 Å².